The molecule has 0 spiro atoms. The molecule has 0 aromatic heterocycles. The van der Waals surface area contributed by atoms with E-state index in [0.29, 0.717) is 11.6 Å². The van der Waals surface area contributed by atoms with Gasteiger partial charge in [-0.05, 0) is 30.7 Å². The molecule has 1 heterocycles. The standard InChI is InChI=1S/C21H26ClN3O2/c1-16(21(26)23-15-17-7-3-4-8-18(17)22)24-11-13-25(14-12-24)19-9-5-6-10-20(19)27-2/h3-10,16H,11-15H2,1-2H3,(H,23,26)/t16-/m1/s1. The first-order valence-corrected chi connectivity index (χ1v) is 9.61. The highest BCUT2D eigenvalue weighted by atomic mass is 35.5. The van der Waals surface area contributed by atoms with Crippen LogP contribution in [0.5, 0.6) is 5.75 Å². The third-order valence-corrected chi connectivity index (χ3v) is 5.45. The van der Waals surface area contributed by atoms with E-state index >= 15 is 0 Å². The molecule has 27 heavy (non-hydrogen) atoms. The normalized spacial score (nSPS) is 16.0. The maximum atomic E-state index is 12.5. The first-order chi connectivity index (χ1) is 13.1. The van der Waals surface area contributed by atoms with Crippen molar-refractivity contribution in [2.45, 2.75) is 19.5 Å². The first-order valence-electron chi connectivity index (χ1n) is 9.23. The van der Waals surface area contributed by atoms with Crippen LogP contribution >= 0.6 is 11.6 Å². The maximum Gasteiger partial charge on any atom is 0.237 e. The van der Waals surface area contributed by atoms with Gasteiger partial charge in [0, 0.05) is 37.7 Å². The molecular formula is C21H26ClN3O2. The predicted octanol–water partition coefficient (Wildman–Crippen LogP) is 3.18. The van der Waals surface area contributed by atoms with Crippen molar-refractivity contribution in [3.8, 4) is 5.75 Å². The number of piperazine rings is 1. The summed E-state index contributed by atoms with van der Waals surface area (Å²) in [5.41, 5.74) is 2.04. The third-order valence-electron chi connectivity index (χ3n) is 5.08. The fraction of sp³-hybridized carbons (Fsp3) is 0.381. The van der Waals surface area contributed by atoms with E-state index in [1.807, 2.05) is 49.4 Å². The summed E-state index contributed by atoms with van der Waals surface area (Å²) in [7, 11) is 1.69. The van der Waals surface area contributed by atoms with Gasteiger partial charge in [0.2, 0.25) is 5.91 Å². The number of benzene rings is 2. The Balaban J connectivity index is 1.52. The molecule has 1 aliphatic heterocycles. The Labute approximate surface area is 165 Å². The van der Waals surface area contributed by atoms with Crippen LogP contribution in [0.15, 0.2) is 48.5 Å². The van der Waals surface area contributed by atoms with Gasteiger partial charge in [0.1, 0.15) is 5.75 Å². The number of methoxy groups -OCH3 is 1. The molecule has 0 unspecified atom stereocenters. The van der Waals surface area contributed by atoms with Gasteiger partial charge >= 0.3 is 0 Å². The van der Waals surface area contributed by atoms with Crippen molar-refractivity contribution in [2.24, 2.45) is 0 Å². The number of hydrogen-bond donors (Lipinski definition) is 1. The molecule has 2 aromatic rings. The minimum Gasteiger partial charge on any atom is -0.495 e. The van der Waals surface area contributed by atoms with Gasteiger partial charge in [0.05, 0.1) is 18.8 Å². The lowest BCUT2D eigenvalue weighted by Crippen LogP contribution is -2.53. The number of rotatable bonds is 6. The monoisotopic (exact) mass is 387 g/mol. The second-order valence-corrected chi connectivity index (χ2v) is 7.09. The molecule has 0 bridgehead atoms. The van der Waals surface area contributed by atoms with Gasteiger partial charge in [-0.3, -0.25) is 9.69 Å². The van der Waals surface area contributed by atoms with Gasteiger partial charge in [-0.25, -0.2) is 0 Å². The quantitative estimate of drug-likeness (QED) is 0.826. The number of para-hydroxylation sites is 2. The third kappa shape index (κ3) is 4.73. The minimum atomic E-state index is -0.174. The molecule has 6 heteroatoms. The molecule has 0 aliphatic carbocycles. The van der Waals surface area contributed by atoms with Gasteiger partial charge in [-0.1, -0.05) is 41.9 Å². The summed E-state index contributed by atoms with van der Waals surface area (Å²) in [4.78, 5) is 17.1. The lowest BCUT2D eigenvalue weighted by atomic mass is 10.1. The van der Waals surface area contributed by atoms with Gasteiger partial charge < -0.3 is 15.0 Å². The summed E-state index contributed by atoms with van der Waals surface area (Å²) in [5.74, 6) is 0.914. The topological polar surface area (TPSA) is 44.8 Å². The van der Waals surface area contributed by atoms with Crippen molar-refractivity contribution in [3.05, 3.63) is 59.1 Å². The van der Waals surface area contributed by atoms with Gasteiger partial charge in [-0.2, -0.15) is 0 Å². The molecule has 3 rings (SSSR count). The first kappa shape index (κ1) is 19.5. The highest BCUT2D eigenvalue weighted by Gasteiger charge is 2.26. The Hall–Kier alpha value is -2.24. The molecular weight excluding hydrogens is 362 g/mol. The summed E-state index contributed by atoms with van der Waals surface area (Å²) < 4.78 is 5.46. The van der Waals surface area contributed by atoms with Crippen LogP contribution in [-0.2, 0) is 11.3 Å². The number of nitrogens with one attached hydrogen (secondary N) is 1. The summed E-state index contributed by atoms with van der Waals surface area (Å²) in [6, 6.07) is 15.5. The van der Waals surface area contributed by atoms with E-state index in [1.54, 1.807) is 7.11 Å². The van der Waals surface area contributed by atoms with Crippen molar-refractivity contribution in [3.63, 3.8) is 0 Å². The van der Waals surface area contributed by atoms with Crippen LogP contribution in [0.4, 0.5) is 5.69 Å². The average Bonchev–Trinajstić information content (AvgIpc) is 2.72. The molecule has 0 saturated carbocycles. The second-order valence-electron chi connectivity index (χ2n) is 6.68. The number of hydrogen-bond acceptors (Lipinski definition) is 4. The smallest absolute Gasteiger partial charge is 0.237 e. The number of carbonyl (C=O) groups excluding carboxylic acids is 1. The Bertz CT molecular complexity index is 776. The van der Waals surface area contributed by atoms with E-state index in [1.165, 1.54) is 0 Å². The number of anilines is 1. The molecule has 0 radical (unpaired) electrons. The Morgan fingerprint density at radius 2 is 1.78 bits per heavy atom. The van der Waals surface area contributed by atoms with Crippen molar-refractivity contribution < 1.29 is 9.53 Å². The Kier molecular flexibility index (Phi) is 6.58. The molecule has 1 atom stereocenters. The molecule has 2 aromatic carbocycles. The fourth-order valence-electron chi connectivity index (χ4n) is 3.38. The summed E-state index contributed by atoms with van der Waals surface area (Å²) >= 11 is 6.16. The van der Waals surface area contributed by atoms with Crippen LogP contribution in [0.3, 0.4) is 0 Å². The summed E-state index contributed by atoms with van der Waals surface area (Å²) in [6.45, 7) is 5.80. The number of amides is 1. The van der Waals surface area contributed by atoms with Crippen LogP contribution in [0.1, 0.15) is 12.5 Å². The van der Waals surface area contributed by atoms with Crippen LogP contribution in [-0.4, -0.2) is 50.1 Å². The number of carbonyl (C=O) groups is 1. The zero-order chi connectivity index (χ0) is 19.2. The maximum absolute atomic E-state index is 12.5. The zero-order valence-electron chi connectivity index (χ0n) is 15.8. The number of ether oxygens (including phenoxy) is 1. The van der Waals surface area contributed by atoms with Crippen LogP contribution in [0.25, 0.3) is 0 Å². The molecule has 5 nitrogen and oxygen atoms in total. The van der Waals surface area contributed by atoms with Crippen molar-refractivity contribution in [1.29, 1.82) is 0 Å². The van der Waals surface area contributed by atoms with Crippen molar-refractivity contribution >= 4 is 23.2 Å². The molecule has 1 amide bonds. The molecule has 1 N–H and O–H groups in total. The van der Waals surface area contributed by atoms with E-state index in [4.69, 9.17) is 16.3 Å². The lowest BCUT2D eigenvalue weighted by Gasteiger charge is -2.38. The van der Waals surface area contributed by atoms with E-state index in [-0.39, 0.29) is 11.9 Å². The Morgan fingerprint density at radius 3 is 2.48 bits per heavy atom. The van der Waals surface area contributed by atoms with Gasteiger partial charge in [0.15, 0.2) is 0 Å². The average molecular weight is 388 g/mol. The van der Waals surface area contributed by atoms with Crippen LogP contribution in [0, 0.1) is 0 Å². The largest absolute Gasteiger partial charge is 0.495 e. The highest BCUT2D eigenvalue weighted by Crippen LogP contribution is 2.28. The molecule has 144 valence electrons. The number of nitrogens with zero attached hydrogens (tertiary/aromatic N) is 2. The van der Waals surface area contributed by atoms with Crippen molar-refractivity contribution in [2.75, 3.05) is 38.2 Å². The fourth-order valence-corrected chi connectivity index (χ4v) is 3.58. The molecule has 1 fully saturated rings. The van der Waals surface area contributed by atoms with Crippen LogP contribution in [0.2, 0.25) is 5.02 Å². The highest BCUT2D eigenvalue weighted by molar-refractivity contribution is 6.31. The summed E-state index contributed by atoms with van der Waals surface area (Å²) in [5, 5.41) is 3.68. The van der Waals surface area contributed by atoms with E-state index in [9.17, 15) is 4.79 Å². The van der Waals surface area contributed by atoms with Crippen molar-refractivity contribution in [1.82, 2.24) is 10.2 Å². The Morgan fingerprint density at radius 1 is 1.11 bits per heavy atom. The number of halogens is 1. The van der Waals surface area contributed by atoms with E-state index in [2.05, 4.69) is 21.2 Å². The predicted molar refractivity (Wildman–Crippen MR) is 110 cm³/mol. The van der Waals surface area contributed by atoms with E-state index < -0.39 is 0 Å². The minimum absolute atomic E-state index is 0.0284. The molecule has 1 saturated heterocycles. The molecule has 1 aliphatic rings. The summed E-state index contributed by atoms with van der Waals surface area (Å²) in [6.07, 6.45) is 0. The lowest BCUT2D eigenvalue weighted by molar-refractivity contribution is -0.126. The van der Waals surface area contributed by atoms with Crippen LogP contribution < -0.4 is 15.0 Å². The van der Waals surface area contributed by atoms with Gasteiger partial charge in [-0.15, -0.1) is 0 Å². The second kappa shape index (κ2) is 9.11. The SMILES string of the molecule is COc1ccccc1N1CCN([C@H](C)C(=O)NCc2ccccc2Cl)CC1. The zero-order valence-corrected chi connectivity index (χ0v) is 16.6. The van der Waals surface area contributed by atoms with E-state index in [0.717, 1.165) is 43.2 Å². The van der Waals surface area contributed by atoms with Gasteiger partial charge in [0.25, 0.3) is 0 Å².